The van der Waals surface area contributed by atoms with Gasteiger partial charge in [0.15, 0.2) is 0 Å². The minimum Gasteiger partial charge on any atom is -0.464 e. The molecule has 21 heavy (non-hydrogen) atoms. The molecule has 0 atom stereocenters. The van der Waals surface area contributed by atoms with Crippen molar-refractivity contribution in [1.29, 1.82) is 0 Å². The van der Waals surface area contributed by atoms with Crippen molar-refractivity contribution < 1.29 is 14.1 Å². The van der Waals surface area contributed by atoms with Gasteiger partial charge in [0.25, 0.3) is 11.6 Å². The zero-order valence-corrected chi connectivity index (χ0v) is 11.9. The first-order valence-corrected chi connectivity index (χ1v) is 6.61. The molecule has 1 aromatic heterocycles. The summed E-state index contributed by atoms with van der Waals surface area (Å²) in [7, 11) is 0. The van der Waals surface area contributed by atoms with Gasteiger partial charge in [0.05, 0.1) is 11.5 Å². The molecule has 1 aromatic carbocycles. The van der Waals surface area contributed by atoms with Crippen LogP contribution in [0.15, 0.2) is 40.8 Å². The number of nitro groups is 1. The maximum atomic E-state index is 12.5. The third-order valence-corrected chi connectivity index (χ3v) is 3.14. The van der Waals surface area contributed by atoms with Gasteiger partial charge in [-0.05, 0) is 32.0 Å². The monoisotopic (exact) mass is 288 g/mol. The average molecular weight is 288 g/mol. The summed E-state index contributed by atoms with van der Waals surface area (Å²) in [6, 6.07) is 9.57. The quantitative estimate of drug-likeness (QED) is 0.625. The molecule has 1 amide bonds. The summed E-state index contributed by atoms with van der Waals surface area (Å²) in [5.74, 6) is 1.04. The predicted octanol–water partition coefficient (Wildman–Crippen LogP) is 3.16. The van der Waals surface area contributed by atoms with Crippen molar-refractivity contribution in [2.24, 2.45) is 0 Å². The molecule has 6 heteroatoms. The number of amides is 1. The van der Waals surface area contributed by atoms with Crippen molar-refractivity contribution in [1.82, 2.24) is 4.90 Å². The molecule has 0 aliphatic rings. The van der Waals surface area contributed by atoms with Gasteiger partial charge in [-0.15, -0.1) is 0 Å². The number of furan rings is 1. The van der Waals surface area contributed by atoms with Crippen molar-refractivity contribution in [2.75, 3.05) is 6.54 Å². The van der Waals surface area contributed by atoms with Crippen LogP contribution in [0.2, 0.25) is 0 Å². The molecule has 0 radical (unpaired) electrons. The summed E-state index contributed by atoms with van der Waals surface area (Å²) in [4.78, 5) is 24.5. The summed E-state index contributed by atoms with van der Waals surface area (Å²) in [5.41, 5.74) is -0.0933. The number of benzene rings is 1. The second kappa shape index (κ2) is 6.21. The number of nitro benzene ring substituents is 1. The number of hydrogen-bond acceptors (Lipinski definition) is 4. The van der Waals surface area contributed by atoms with Gasteiger partial charge in [-0.2, -0.15) is 0 Å². The lowest BCUT2D eigenvalue weighted by molar-refractivity contribution is -0.385. The zero-order chi connectivity index (χ0) is 15.4. The Hall–Kier alpha value is -2.63. The fourth-order valence-corrected chi connectivity index (χ4v) is 2.07. The fraction of sp³-hybridized carbons (Fsp3) is 0.267. The third-order valence-electron chi connectivity index (χ3n) is 3.14. The molecular weight excluding hydrogens is 272 g/mol. The summed E-state index contributed by atoms with van der Waals surface area (Å²) in [6.45, 7) is 4.37. The van der Waals surface area contributed by atoms with Gasteiger partial charge in [0.1, 0.15) is 17.1 Å². The van der Waals surface area contributed by atoms with Crippen molar-refractivity contribution in [2.45, 2.75) is 20.4 Å². The van der Waals surface area contributed by atoms with Crippen LogP contribution in [-0.4, -0.2) is 22.3 Å². The van der Waals surface area contributed by atoms with Crippen LogP contribution in [-0.2, 0) is 6.54 Å². The van der Waals surface area contributed by atoms with Crippen LogP contribution in [0.4, 0.5) is 5.69 Å². The van der Waals surface area contributed by atoms with Crippen LogP contribution >= 0.6 is 0 Å². The molecule has 0 spiro atoms. The summed E-state index contributed by atoms with van der Waals surface area (Å²) in [5, 5.41) is 11.0. The predicted molar refractivity (Wildman–Crippen MR) is 77.0 cm³/mol. The molecule has 2 aromatic rings. The Morgan fingerprint density at radius 2 is 2.00 bits per heavy atom. The second-order valence-corrected chi connectivity index (χ2v) is 4.61. The van der Waals surface area contributed by atoms with E-state index in [1.807, 2.05) is 19.9 Å². The molecule has 1 heterocycles. The lowest BCUT2D eigenvalue weighted by atomic mass is 10.1. The normalized spacial score (nSPS) is 10.4. The lowest BCUT2D eigenvalue weighted by Crippen LogP contribution is -2.30. The van der Waals surface area contributed by atoms with Crippen LogP contribution in [0.3, 0.4) is 0 Å². The lowest BCUT2D eigenvalue weighted by Gasteiger charge is -2.19. The number of aryl methyl sites for hydroxylation is 1. The van der Waals surface area contributed by atoms with Gasteiger partial charge in [0, 0.05) is 12.6 Å². The number of carbonyl (C=O) groups excluding carboxylic acids is 1. The minimum atomic E-state index is -0.544. The van der Waals surface area contributed by atoms with E-state index in [-0.39, 0.29) is 23.7 Å². The Kier molecular flexibility index (Phi) is 4.37. The highest BCUT2D eigenvalue weighted by atomic mass is 16.6. The van der Waals surface area contributed by atoms with E-state index >= 15 is 0 Å². The molecule has 0 bridgehead atoms. The fourth-order valence-electron chi connectivity index (χ4n) is 2.07. The highest BCUT2D eigenvalue weighted by Gasteiger charge is 2.24. The number of carbonyl (C=O) groups is 1. The zero-order valence-electron chi connectivity index (χ0n) is 11.9. The molecule has 0 saturated heterocycles. The van der Waals surface area contributed by atoms with Crippen LogP contribution < -0.4 is 0 Å². The number of para-hydroxylation sites is 1. The van der Waals surface area contributed by atoms with Crippen molar-refractivity contribution in [3.05, 3.63) is 63.6 Å². The van der Waals surface area contributed by atoms with Crippen LogP contribution in [0.5, 0.6) is 0 Å². The topological polar surface area (TPSA) is 76.6 Å². The Bertz CT molecular complexity index is 663. The van der Waals surface area contributed by atoms with E-state index in [1.54, 1.807) is 18.2 Å². The molecular formula is C15H16N2O4. The van der Waals surface area contributed by atoms with E-state index in [2.05, 4.69) is 0 Å². The maximum absolute atomic E-state index is 12.5. The van der Waals surface area contributed by atoms with E-state index < -0.39 is 4.92 Å². The van der Waals surface area contributed by atoms with Crippen molar-refractivity contribution in [3.8, 4) is 0 Å². The van der Waals surface area contributed by atoms with Gasteiger partial charge in [-0.25, -0.2) is 0 Å². The number of rotatable bonds is 5. The van der Waals surface area contributed by atoms with E-state index in [1.165, 1.54) is 17.0 Å². The Balaban J connectivity index is 2.26. The molecule has 0 N–H and O–H groups in total. The highest BCUT2D eigenvalue weighted by molar-refractivity contribution is 5.98. The second-order valence-electron chi connectivity index (χ2n) is 4.61. The minimum absolute atomic E-state index is 0.0904. The molecule has 0 fully saturated rings. The first kappa shape index (κ1) is 14.8. The van der Waals surface area contributed by atoms with Crippen molar-refractivity contribution >= 4 is 11.6 Å². The van der Waals surface area contributed by atoms with E-state index in [0.29, 0.717) is 12.3 Å². The van der Waals surface area contributed by atoms with E-state index in [4.69, 9.17) is 4.42 Å². The molecule has 0 aliphatic heterocycles. The Labute approximate surface area is 122 Å². The number of hydrogen-bond donors (Lipinski definition) is 0. The smallest absolute Gasteiger partial charge is 0.282 e. The average Bonchev–Trinajstić information content (AvgIpc) is 2.89. The maximum Gasteiger partial charge on any atom is 0.282 e. The molecule has 2 rings (SSSR count). The Morgan fingerprint density at radius 3 is 2.57 bits per heavy atom. The first-order valence-electron chi connectivity index (χ1n) is 6.61. The summed E-state index contributed by atoms with van der Waals surface area (Å²) >= 11 is 0. The van der Waals surface area contributed by atoms with Gasteiger partial charge in [0.2, 0.25) is 0 Å². The van der Waals surface area contributed by atoms with Crippen LogP contribution in [0.1, 0.15) is 28.8 Å². The van der Waals surface area contributed by atoms with Gasteiger partial charge in [-0.1, -0.05) is 12.1 Å². The van der Waals surface area contributed by atoms with Gasteiger partial charge >= 0.3 is 0 Å². The molecule has 0 saturated carbocycles. The summed E-state index contributed by atoms with van der Waals surface area (Å²) < 4.78 is 5.45. The van der Waals surface area contributed by atoms with Gasteiger partial charge in [-0.3, -0.25) is 14.9 Å². The molecule has 110 valence electrons. The third kappa shape index (κ3) is 3.28. The standard InChI is InChI=1S/C15H16N2O4/c1-3-16(10-12-9-8-11(2)21-12)15(18)13-6-4-5-7-14(13)17(19)20/h4-9H,3,10H2,1-2H3. The van der Waals surface area contributed by atoms with Crippen LogP contribution in [0, 0.1) is 17.0 Å². The van der Waals surface area contributed by atoms with Crippen molar-refractivity contribution in [3.63, 3.8) is 0 Å². The van der Waals surface area contributed by atoms with E-state index in [9.17, 15) is 14.9 Å². The number of nitrogens with zero attached hydrogens (tertiary/aromatic N) is 2. The molecule has 0 unspecified atom stereocenters. The van der Waals surface area contributed by atoms with Gasteiger partial charge < -0.3 is 9.32 Å². The first-order chi connectivity index (χ1) is 10.0. The molecule has 0 aliphatic carbocycles. The summed E-state index contributed by atoms with van der Waals surface area (Å²) in [6.07, 6.45) is 0. The SMILES string of the molecule is CCN(Cc1ccc(C)o1)C(=O)c1ccccc1[N+](=O)[O-]. The molecule has 6 nitrogen and oxygen atoms in total. The van der Waals surface area contributed by atoms with E-state index in [0.717, 1.165) is 5.76 Å². The Morgan fingerprint density at radius 1 is 1.29 bits per heavy atom. The highest BCUT2D eigenvalue weighted by Crippen LogP contribution is 2.21. The van der Waals surface area contributed by atoms with Crippen LogP contribution in [0.25, 0.3) is 0 Å². The largest absolute Gasteiger partial charge is 0.464 e.